The van der Waals surface area contributed by atoms with Crippen molar-refractivity contribution in [3.8, 4) is 5.75 Å². The zero-order valence-electron chi connectivity index (χ0n) is 13.1. The van der Waals surface area contributed by atoms with Crippen molar-refractivity contribution in [2.45, 2.75) is 25.9 Å². The van der Waals surface area contributed by atoms with Crippen LogP contribution in [0.5, 0.6) is 5.75 Å². The van der Waals surface area contributed by atoms with E-state index in [-0.39, 0.29) is 12.1 Å². The van der Waals surface area contributed by atoms with E-state index in [4.69, 9.17) is 9.47 Å². The van der Waals surface area contributed by atoms with E-state index in [0.717, 1.165) is 36.7 Å². The second-order valence-electron chi connectivity index (χ2n) is 5.34. The lowest BCUT2D eigenvalue weighted by Crippen LogP contribution is -2.38. The maximum atomic E-state index is 11.9. The van der Waals surface area contributed by atoms with Crippen LogP contribution in [0.25, 0.3) is 0 Å². The number of para-hydroxylation sites is 1. The molecular formula is C17H20N2O3S. The molecule has 1 saturated heterocycles. The topological polar surface area (TPSA) is 51.7 Å². The minimum atomic E-state index is -0.341. The Balaban J connectivity index is 1.59. The van der Waals surface area contributed by atoms with Crippen LogP contribution in [0.3, 0.4) is 0 Å². The molecule has 0 amide bonds. The molecule has 0 bridgehead atoms. The molecule has 0 spiro atoms. The number of carbonyl (C=O) groups is 1. The molecule has 1 aliphatic rings. The lowest BCUT2D eigenvalue weighted by molar-refractivity contribution is 0.0521. The number of hydrogen-bond donors (Lipinski definition) is 0. The molecule has 1 aliphatic heterocycles. The van der Waals surface area contributed by atoms with E-state index in [0.29, 0.717) is 12.3 Å². The number of aromatic nitrogens is 1. The maximum Gasteiger partial charge on any atom is 0.360 e. The van der Waals surface area contributed by atoms with Crippen LogP contribution in [0.2, 0.25) is 0 Å². The Morgan fingerprint density at radius 3 is 2.74 bits per heavy atom. The van der Waals surface area contributed by atoms with Crippen molar-refractivity contribution in [3.05, 3.63) is 41.5 Å². The number of carbonyl (C=O) groups excluding carboxylic acids is 1. The summed E-state index contributed by atoms with van der Waals surface area (Å²) in [4.78, 5) is 18.3. The molecule has 2 heterocycles. The van der Waals surface area contributed by atoms with E-state index in [9.17, 15) is 4.79 Å². The van der Waals surface area contributed by atoms with Crippen LogP contribution in [-0.2, 0) is 4.74 Å². The highest BCUT2D eigenvalue weighted by molar-refractivity contribution is 7.14. The number of thiazole rings is 1. The molecule has 23 heavy (non-hydrogen) atoms. The summed E-state index contributed by atoms with van der Waals surface area (Å²) in [5, 5.41) is 0.904. The molecule has 1 aromatic heterocycles. The predicted molar refractivity (Wildman–Crippen MR) is 90.4 cm³/mol. The average molecular weight is 332 g/mol. The van der Waals surface area contributed by atoms with Gasteiger partial charge in [-0.05, 0) is 19.1 Å². The molecule has 1 fully saturated rings. The molecule has 1 aromatic carbocycles. The lowest BCUT2D eigenvalue weighted by Gasteiger charge is -2.32. The van der Waals surface area contributed by atoms with E-state index < -0.39 is 0 Å². The van der Waals surface area contributed by atoms with Crippen LogP contribution in [0, 0.1) is 0 Å². The SMILES string of the molecule is CCOC(=O)c1ncsc1N1CCC(Oc2ccccc2)CC1. The van der Waals surface area contributed by atoms with Gasteiger partial charge in [0.1, 0.15) is 16.9 Å². The largest absolute Gasteiger partial charge is 0.490 e. The number of benzene rings is 1. The first kappa shape index (κ1) is 15.8. The molecule has 5 nitrogen and oxygen atoms in total. The van der Waals surface area contributed by atoms with Gasteiger partial charge in [0, 0.05) is 25.9 Å². The molecule has 0 aliphatic carbocycles. The summed E-state index contributed by atoms with van der Waals surface area (Å²) in [6.45, 7) is 3.87. The van der Waals surface area contributed by atoms with Gasteiger partial charge in [-0.1, -0.05) is 18.2 Å². The zero-order chi connectivity index (χ0) is 16.1. The quantitative estimate of drug-likeness (QED) is 0.786. The van der Waals surface area contributed by atoms with Crippen molar-refractivity contribution in [2.75, 3.05) is 24.6 Å². The third-order valence-electron chi connectivity index (χ3n) is 3.79. The fourth-order valence-electron chi connectivity index (χ4n) is 2.67. The van der Waals surface area contributed by atoms with E-state index >= 15 is 0 Å². The number of ether oxygens (including phenoxy) is 2. The summed E-state index contributed by atoms with van der Waals surface area (Å²) in [5.41, 5.74) is 2.13. The Morgan fingerprint density at radius 2 is 2.04 bits per heavy atom. The Bertz CT molecular complexity index is 636. The van der Waals surface area contributed by atoms with Gasteiger partial charge in [0.15, 0.2) is 5.69 Å². The van der Waals surface area contributed by atoms with Crippen LogP contribution in [0.1, 0.15) is 30.3 Å². The van der Waals surface area contributed by atoms with Crippen molar-refractivity contribution in [1.29, 1.82) is 0 Å². The van der Waals surface area contributed by atoms with Gasteiger partial charge in [0.05, 0.1) is 12.1 Å². The highest BCUT2D eigenvalue weighted by Crippen LogP contribution is 2.29. The first-order valence-corrected chi connectivity index (χ1v) is 8.73. The van der Waals surface area contributed by atoms with E-state index in [2.05, 4.69) is 9.88 Å². The lowest BCUT2D eigenvalue weighted by atomic mass is 10.1. The first-order chi connectivity index (χ1) is 11.3. The number of anilines is 1. The monoisotopic (exact) mass is 332 g/mol. The highest BCUT2D eigenvalue weighted by Gasteiger charge is 2.26. The van der Waals surface area contributed by atoms with Gasteiger partial charge in [0.25, 0.3) is 0 Å². The summed E-state index contributed by atoms with van der Waals surface area (Å²) >= 11 is 1.49. The van der Waals surface area contributed by atoms with Gasteiger partial charge < -0.3 is 14.4 Å². The van der Waals surface area contributed by atoms with Crippen LogP contribution < -0.4 is 9.64 Å². The standard InChI is InChI=1S/C17H20N2O3S/c1-2-21-17(20)15-16(23-12-18-15)19-10-8-14(9-11-19)22-13-6-4-3-5-7-13/h3-7,12,14H,2,8-11H2,1H3. The molecule has 2 aromatic rings. The fraction of sp³-hybridized carbons (Fsp3) is 0.412. The van der Waals surface area contributed by atoms with Gasteiger partial charge >= 0.3 is 5.97 Å². The Labute approximate surface area is 139 Å². The Hall–Kier alpha value is -2.08. The molecule has 6 heteroatoms. The number of nitrogens with zero attached hydrogens (tertiary/aromatic N) is 2. The summed E-state index contributed by atoms with van der Waals surface area (Å²) < 4.78 is 11.1. The summed E-state index contributed by atoms with van der Waals surface area (Å²) in [7, 11) is 0. The Morgan fingerprint density at radius 1 is 1.30 bits per heavy atom. The normalized spacial score (nSPS) is 15.4. The minimum Gasteiger partial charge on any atom is -0.490 e. The van der Waals surface area contributed by atoms with Gasteiger partial charge in [0.2, 0.25) is 0 Å². The molecule has 0 atom stereocenters. The van der Waals surface area contributed by atoms with E-state index in [1.54, 1.807) is 12.4 Å². The summed E-state index contributed by atoms with van der Waals surface area (Å²) in [6.07, 6.45) is 2.07. The number of rotatable bonds is 5. The van der Waals surface area contributed by atoms with Crippen molar-refractivity contribution >= 4 is 22.3 Å². The van der Waals surface area contributed by atoms with Crippen molar-refractivity contribution in [3.63, 3.8) is 0 Å². The predicted octanol–water partition coefficient (Wildman–Crippen LogP) is 3.37. The van der Waals surface area contributed by atoms with Gasteiger partial charge in [-0.15, -0.1) is 11.3 Å². The molecule has 0 radical (unpaired) electrons. The van der Waals surface area contributed by atoms with Crippen LogP contribution in [0.4, 0.5) is 5.00 Å². The first-order valence-electron chi connectivity index (χ1n) is 7.85. The van der Waals surface area contributed by atoms with Crippen LogP contribution in [-0.4, -0.2) is 36.8 Å². The van der Waals surface area contributed by atoms with E-state index in [1.807, 2.05) is 30.3 Å². The molecule has 122 valence electrons. The van der Waals surface area contributed by atoms with Gasteiger partial charge in [-0.25, -0.2) is 9.78 Å². The van der Waals surface area contributed by atoms with Crippen LogP contribution >= 0.6 is 11.3 Å². The van der Waals surface area contributed by atoms with Gasteiger partial charge in [-0.3, -0.25) is 0 Å². The van der Waals surface area contributed by atoms with E-state index in [1.165, 1.54) is 11.3 Å². The number of hydrogen-bond acceptors (Lipinski definition) is 6. The maximum absolute atomic E-state index is 11.9. The second kappa shape index (κ2) is 7.46. The van der Waals surface area contributed by atoms with Gasteiger partial charge in [-0.2, -0.15) is 0 Å². The third-order valence-corrected chi connectivity index (χ3v) is 4.68. The highest BCUT2D eigenvalue weighted by atomic mass is 32.1. The second-order valence-corrected chi connectivity index (χ2v) is 6.18. The molecule has 0 unspecified atom stereocenters. The fourth-order valence-corrected chi connectivity index (χ4v) is 3.51. The average Bonchev–Trinajstić information content (AvgIpc) is 3.06. The minimum absolute atomic E-state index is 0.215. The number of piperidine rings is 1. The summed E-state index contributed by atoms with van der Waals surface area (Å²) in [6, 6.07) is 9.90. The molecular weight excluding hydrogens is 312 g/mol. The third kappa shape index (κ3) is 3.82. The van der Waals surface area contributed by atoms with Crippen molar-refractivity contribution in [1.82, 2.24) is 4.98 Å². The molecule has 0 saturated carbocycles. The smallest absolute Gasteiger partial charge is 0.360 e. The van der Waals surface area contributed by atoms with Crippen LogP contribution in [0.15, 0.2) is 35.8 Å². The molecule has 0 N–H and O–H groups in total. The number of esters is 1. The zero-order valence-corrected chi connectivity index (χ0v) is 13.9. The molecule has 3 rings (SSSR count). The summed E-state index contributed by atoms with van der Waals surface area (Å²) in [5.74, 6) is 0.572. The Kier molecular flexibility index (Phi) is 5.12. The van der Waals surface area contributed by atoms with Crippen molar-refractivity contribution < 1.29 is 14.3 Å². The van der Waals surface area contributed by atoms with Crippen molar-refractivity contribution in [2.24, 2.45) is 0 Å².